The quantitative estimate of drug-likeness (QED) is 0.888. The van der Waals surface area contributed by atoms with Crippen LogP contribution in [0.1, 0.15) is 42.7 Å². The van der Waals surface area contributed by atoms with Crippen LogP contribution >= 0.6 is 0 Å². The lowest BCUT2D eigenvalue weighted by Crippen LogP contribution is -2.45. The number of nitrogens with zero attached hydrogens (tertiary/aromatic N) is 1. The van der Waals surface area contributed by atoms with E-state index in [0.29, 0.717) is 12.2 Å². The number of carbonyl (C=O) groups is 1. The first-order chi connectivity index (χ1) is 9.41. The third-order valence-electron chi connectivity index (χ3n) is 3.59. The third-order valence-corrected chi connectivity index (χ3v) is 3.59. The van der Waals surface area contributed by atoms with Gasteiger partial charge in [0.2, 0.25) is 0 Å². The van der Waals surface area contributed by atoms with Gasteiger partial charge in [0.25, 0.3) is 5.91 Å². The van der Waals surface area contributed by atoms with Gasteiger partial charge in [-0.3, -0.25) is 9.78 Å². The normalized spacial score (nSPS) is 21.3. The predicted molar refractivity (Wildman–Crippen MR) is 79.0 cm³/mol. The van der Waals surface area contributed by atoms with Gasteiger partial charge in [0, 0.05) is 31.6 Å². The van der Waals surface area contributed by atoms with Gasteiger partial charge in [-0.05, 0) is 39.7 Å². The van der Waals surface area contributed by atoms with Crippen molar-refractivity contribution in [2.75, 3.05) is 19.0 Å². The van der Waals surface area contributed by atoms with Crippen molar-refractivity contribution < 1.29 is 9.53 Å². The van der Waals surface area contributed by atoms with Crippen molar-refractivity contribution in [2.24, 2.45) is 0 Å². The number of hydrogen-bond donors (Lipinski definition) is 2. The summed E-state index contributed by atoms with van der Waals surface area (Å²) in [5, 5.41) is 6.13. The van der Waals surface area contributed by atoms with Crippen LogP contribution in [-0.2, 0) is 4.74 Å². The van der Waals surface area contributed by atoms with Gasteiger partial charge in [-0.15, -0.1) is 0 Å². The largest absolute Gasteiger partial charge is 0.387 e. The summed E-state index contributed by atoms with van der Waals surface area (Å²) in [7, 11) is 1.81. The maximum Gasteiger partial charge on any atom is 0.255 e. The van der Waals surface area contributed by atoms with Gasteiger partial charge in [0.15, 0.2) is 0 Å². The van der Waals surface area contributed by atoms with E-state index in [1.165, 1.54) is 0 Å². The number of amides is 1. The number of hydrogen-bond acceptors (Lipinski definition) is 4. The Morgan fingerprint density at radius 2 is 2.25 bits per heavy atom. The topological polar surface area (TPSA) is 63.2 Å². The van der Waals surface area contributed by atoms with E-state index >= 15 is 0 Å². The van der Waals surface area contributed by atoms with E-state index < -0.39 is 0 Å². The molecule has 1 aliphatic rings. The number of carbonyl (C=O) groups excluding carboxylic acids is 1. The number of aryl methyl sites for hydroxylation is 1. The molecule has 1 fully saturated rings. The molecular weight excluding hydrogens is 254 g/mol. The van der Waals surface area contributed by atoms with Crippen molar-refractivity contribution in [1.29, 1.82) is 0 Å². The Morgan fingerprint density at radius 1 is 1.50 bits per heavy atom. The van der Waals surface area contributed by atoms with Crippen molar-refractivity contribution in [3.8, 4) is 0 Å². The molecule has 110 valence electrons. The second-order valence-corrected chi connectivity index (χ2v) is 5.89. The highest BCUT2D eigenvalue weighted by atomic mass is 16.5. The first kappa shape index (κ1) is 14.8. The van der Waals surface area contributed by atoms with E-state index in [2.05, 4.69) is 29.5 Å². The van der Waals surface area contributed by atoms with Gasteiger partial charge >= 0.3 is 0 Å². The Hall–Kier alpha value is -1.62. The first-order valence-electron chi connectivity index (χ1n) is 7.00. The molecule has 1 aromatic rings. The molecule has 0 radical (unpaired) electrons. The average Bonchev–Trinajstić information content (AvgIpc) is 2.37. The monoisotopic (exact) mass is 277 g/mol. The number of rotatable bonds is 3. The smallest absolute Gasteiger partial charge is 0.255 e. The Balaban J connectivity index is 2.08. The number of anilines is 1. The standard InChI is InChI=1S/C15H23N3O2/c1-10-7-13(16-4)12(9-17-10)14(19)18-11-5-6-20-15(2,3)8-11/h7,9,11H,5-6,8H2,1-4H3,(H,16,17)(H,18,19). The molecule has 5 nitrogen and oxygen atoms in total. The Labute approximate surface area is 120 Å². The van der Waals surface area contributed by atoms with Gasteiger partial charge in [-0.25, -0.2) is 0 Å². The zero-order chi connectivity index (χ0) is 14.8. The number of aromatic nitrogens is 1. The van der Waals surface area contributed by atoms with Gasteiger partial charge in [-0.2, -0.15) is 0 Å². The Morgan fingerprint density at radius 3 is 2.90 bits per heavy atom. The Bertz CT molecular complexity index is 500. The molecule has 0 spiro atoms. The maximum absolute atomic E-state index is 12.4. The lowest BCUT2D eigenvalue weighted by molar-refractivity contribution is -0.0615. The fourth-order valence-corrected chi connectivity index (χ4v) is 2.57. The van der Waals surface area contributed by atoms with Crippen molar-refractivity contribution in [3.63, 3.8) is 0 Å². The zero-order valence-corrected chi connectivity index (χ0v) is 12.6. The molecule has 0 bridgehead atoms. The molecule has 0 aromatic carbocycles. The molecule has 0 saturated carbocycles. The van der Waals surface area contributed by atoms with E-state index in [-0.39, 0.29) is 17.6 Å². The minimum atomic E-state index is -0.173. The summed E-state index contributed by atoms with van der Waals surface area (Å²) >= 11 is 0. The van der Waals surface area contributed by atoms with E-state index in [4.69, 9.17) is 4.74 Å². The SMILES string of the molecule is CNc1cc(C)ncc1C(=O)NC1CCOC(C)(C)C1. The summed E-state index contributed by atoms with van der Waals surface area (Å²) in [6.45, 7) is 6.70. The summed E-state index contributed by atoms with van der Waals surface area (Å²) in [6, 6.07) is 2.03. The summed E-state index contributed by atoms with van der Waals surface area (Å²) < 4.78 is 5.67. The van der Waals surface area contributed by atoms with Crippen LogP contribution in [0.5, 0.6) is 0 Å². The van der Waals surface area contributed by atoms with Crippen LogP contribution in [0.15, 0.2) is 12.3 Å². The van der Waals surface area contributed by atoms with Gasteiger partial charge < -0.3 is 15.4 Å². The molecule has 1 saturated heterocycles. The molecule has 1 aromatic heterocycles. The zero-order valence-electron chi connectivity index (χ0n) is 12.6. The van der Waals surface area contributed by atoms with Crippen LogP contribution in [0, 0.1) is 6.92 Å². The summed E-state index contributed by atoms with van der Waals surface area (Å²) in [5.74, 6) is -0.0791. The van der Waals surface area contributed by atoms with Crippen molar-refractivity contribution in [2.45, 2.75) is 45.3 Å². The van der Waals surface area contributed by atoms with Crippen LogP contribution in [-0.4, -0.2) is 36.2 Å². The fourth-order valence-electron chi connectivity index (χ4n) is 2.57. The molecule has 1 atom stereocenters. The molecular formula is C15H23N3O2. The summed E-state index contributed by atoms with van der Waals surface area (Å²) in [4.78, 5) is 16.6. The van der Waals surface area contributed by atoms with Crippen molar-refractivity contribution in [3.05, 3.63) is 23.5 Å². The first-order valence-corrected chi connectivity index (χ1v) is 7.00. The highest BCUT2D eigenvalue weighted by molar-refractivity contribution is 5.99. The van der Waals surface area contributed by atoms with E-state index in [9.17, 15) is 4.79 Å². The average molecular weight is 277 g/mol. The molecule has 20 heavy (non-hydrogen) atoms. The molecule has 1 unspecified atom stereocenters. The van der Waals surface area contributed by atoms with Crippen molar-refractivity contribution in [1.82, 2.24) is 10.3 Å². The number of pyridine rings is 1. The van der Waals surface area contributed by atoms with Crippen LogP contribution in [0.3, 0.4) is 0 Å². The number of ether oxygens (including phenoxy) is 1. The lowest BCUT2D eigenvalue weighted by atomic mass is 9.94. The van der Waals surface area contributed by atoms with E-state index in [1.807, 2.05) is 20.0 Å². The summed E-state index contributed by atoms with van der Waals surface area (Å²) in [5.41, 5.74) is 2.11. The van der Waals surface area contributed by atoms with Crippen LogP contribution in [0.4, 0.5) is 5.69 Å². The molecule has 2 rings (SSSR count). The maximum atomic E-state index is 12.4. The summed E-state index contributed by atoms with van der Waals surface area (Å²) in [6.07, 6.45) is 3.30. The van der Waals surface area contributed by atoms with E-state index in [0.717, 1.165) is 24.2 Å². The molecule has 2 N–H and O–H groups in total. The second kappa shape index (κ2) is 5.79. The number of nitrogens with one attached hydrogen (secondary N) is 2. The Kier molecular flexibility index (Phi) is 4.28. The van der Waals surface area contributed by atoms with Gasteiger partial charge in [-0.1, -0.05) is 0 Å². The second-order valence-electron chi connectivity index (χ2n) is 5.89. The predicted octanol–water partition coefficient (Wildman–Crippen LogP) is 2.12. The minimum absolute atomic E-state index is 0.0791. The van der Waals surface area contributed by atoms with Gasteiger partial charge in [0.1, 0.15) is 0 Å². The highest BCUT2D eigenvalue weighted by Crippen LogP contribution is 2.24. The molecule has 1 amide bonds. The molecule has 0 aliphatic carbocycles. The van der Waals surface area contributed by atoms with Crippen LogP contribution in [0.2, 0.25) is 0 Å². The van der Waals surface area contributed by atoms with Crippen LogP contribution in [0.25, 0.3) is 0 Å². The molecule has 5 heteroatoms. The van der Waals surface area contributed by atoms with Crippen LogP contribution < -0.4 is 10.6 Å². The molecule has 1 aliphatic heterocycles. The third kappa shape index (κ3) is 3.48. The highest BCUT2D eigenvalue weighted by Gasteiger charge is 2.30. The minimum Gasteiger partial charge on any atom is -0.387 e. The lowest BCUT2D eigenvalue weighted by Gasteiger charge is -2.35. The van der Waals surface area contributed by atoms with Gasteiger partial charge in [0.05, 0.1) is 16.9 Å². The van der Waals surface area contributed by atoms with E-state index in [1.54, 1.807) is 6.20 Å². The fraction of sp³-hybridized carbons (Fsp3) is 0.600. The van der Waals surface area contributed by atoms with Crippen molar-refractivity contribution >= 4 is 11.6 Å². The molecule has 2 heterocycles.